The molecule has 6 nitrogen and oxygen atoms in total. The van der Waals surface area contributed by atoms with Crippen LogP contribution >= 0.6 is 11.8 Å². The fraction of sp³-hybridized carbons (Fsp3) is 0.286. The molecule has 1 amide bonds. The predicted octanol–water partition coefficient (Wildman–Crippen LogP) is 3.85. The van der Waals surface area contributed by atoms with Gasteiger partial charge in [-0.25, -0.2) is 0 Å². The minimum Gasteiger partial charge on any atom is -0.452 e. The van der Waals surface area contributed by atoms with Gasteiger partial charge in [-0.2, -0.15) is 5.10 Å². The highest BCUT2D eigenvalue weighted by Crippen LogP contribution is 2.24. The third-order valence-electron chi connectivity index (χ3n) is 4.51. The van der Waals surface area contributed by atoms with E-state index in [2.05, 4.69) is 10.4 Å². The van der Waals surface area contributed by atoms with E-state index in [4.69, 9.17) is 4.74 Å². The predicted molar refractivity (Wildman–Crippen MR) is 112 cm³/mol. The molecule has 1 heterocycles. The molecule has 1 aromatic heterocycles. The van der Waals surface area contributed by atoms with Crippen molar-refractivity contribution in [2.75, 3.05) is 11.1 Å². The molecule has 3 aromatic rings. The Hall–Kier alpha value is -2.80. The number of aryl methyl sites for hydroxylation is 2. The number of aromatic nitrogens is 2. The second kappa shape index (κ2) is 8.48. The molecule has 1 N–H and O–H groups in total. The van der Waals surface area contributed by atoms with Gasteiger partial charge in [-0.1, -0.05) is 30.3 Å². The average molecular weight is 398 g/mol. The Morgan fingerprint density at radius 1 is 1.18 bits per heavy atom. The van der Waals surface area contributed by atoms with Crippen LogP contribution in [0.5, 0.6) is 0 Å². The Balaban J connectivity index is 1.53. The molecule has 0 radical (unpaired) electrons. The van der Waals surface area contributed by atoms with E-state index < -0.39 is 12.1 Å². The number of hydrogen-bond acceptors (Lipinski definition) is 5. The molecule has 0 unspecified atom stereocenters. The van der Waals surface area contributed by atoms with Crippen molar-refractivity contribution in [2.24, 2.45) is 7.05 Å². The van der Waals surface area contributed by atoms with Crippen LogP contribution in [0.4, 0.5) is 5.69 Å². The lowest BCUT2D eigenvalue weighted by Gasteiger charge is -2.13. The fourth-order valence-electron chi connectivity index (χ4n) is 2.86. The van der Waals surface area contributed by atoms with Gasteiger partial charge in [0.25, 0.3) is 5.91 Å². The number of ether oxygens (including phenoxy) is 1. The molecular formula is C21H23N3O3S. The van der Waals surface area contributed by atoms with Gasteiger partial charge in [0, 0.05) is 11.9 Å². The normalized spacial score (nSPS) is 12.0. The van der Waals surface area contributed by atoms with Crippen LogP contribution in [-0.2, 0) is 21.4 Å². The lowest BCUT2D eigenvalue weighted by molar-refractivity contribution is -0.150. The zero-order valence-corrected chi connectivity index (χ0v) is 17.2. The number of rotatable bonds is 6. The van der Waals surface area contributed by atoms with Crippen LogP contribution in [0.1, 0.15) is 18.3 Å². The number of thioether (sulfide) groups is 1. The Morgan fingerprint density at radius 3 is 2.57 bits per heavy atom. The number of esters is 1. The Bertz CT molecular complexity index is 1030. The second-order valence-corrected chi connectivity index (χ2v) is 7.64. The van der Waals surface area contributed by atoms with Gasteiger partial charge in [0.15, 0.2) is 6.10 Å². The minimum absolute atomic E-state index is 0.140. The Kier molecular flexibility index (Phi) is 6.04. The third kappa shape index (κ3) is 4.54. The summed E-state index contributed by atoms with van der Waals surface area (Å²) in [5.74, 6) is -0.662. The van der Waals surface area contributed by atoms with Crippen LogP contribution in [0.25, 0.3) is 10.8 Å². The number of nitrogens with one attached hydrogen (secondary N) is 1. The van der Waals surface area contributed by atoms with Crippen LogP contribution in [0.2, 0.25) is 0 Å². The third-order valence-corrected chi connectivity index (χ3v) is 5.48. The van der Waals surface area contributed by atoms with Crippen LogP contribution < -0.4 is 5.32 Å². The fourth-order valence-corrected chi connectivity index (χ4v) is 3.59. The summed E-state index contributed by atoms with van der Waals surface area (Å²) in [6.07, 6.45) is -0.885. The highest BCUT2D eigenvalue weighted by atomic mass is 32.2. The van der Waals surface area contributed by atoms with Crippen LogP contribution in [0.3, 0.4) is 0 Å². The highest BCUT2D eigenvalue weighted by Gasteiger charge is 2.21. The minimum atomic E-state index is -0.885. The average Bonchev–Trinajstić information content (AvgIpc) is 2.92. The maximum Gasteiger partial charge on any atom is 0.317 e. The molecule has 0 aliphatic rings. The van der Waals surface area contributed by atoms with E-state index in [0.717, 1.165) is 27.1 Å². The smallest absolute Gasteiger partial charge is 0.317 e. The van der Waals surface area contributed by atoms with Gasteiger partial charge < -0.3 is 10.1 Å². The van der Waals surface area contributed by atoms with Gasteiger partial charge in [0.2, 0.25) is 0 Å². The molecule has 0 aliphatic heterocycles. The number of anilines is 1. The van der Waals surface area contributed by atoms with E-state index in [1.54, 1.807) is 11.6 Å². The van der Waals surface area contributed by atoms with E-state index in [-0.39, 0.29) is 11.7 Å². The maximum absolute atomic E-state index is 12.4. The van der Waals surface area contributed by atoms with Crippen LogP contribution in [0.15, 0.2) is 47.4 Å². The lowest BCUT2D eigenvalue weighted by atomic mass is 10.1. The number of nitrogens with zero attached hydrogens (tertiary/aromatic N) is 2. The number of amides is 1. The molecule has 0 spiro atoms. The number of hydrogen-bond donors (Lipinski definition) is 1. The summed E-state index contributed by atoms with van der Waals surface area (Å²) < 4.78 is 6.98. The zero-order chi connectivity index (χ0) is 20.3. The summed E-state index contributed by atoms with van der Waals surface area (Å²) in [4.78, 5) is 25.5. The first-order chi connectivity index (χ1) is 13.3. The van der Waals surface area contributed by atoms with E-state index in [0.29, 0.717) is 5.69 Å². The van der Waals surface area contributed by atoms with Gasteiger partial charge in [-0.15, -0.1) is 11.8 Å². The molecule has 1 atom stereocenters. The molecule has 28 heavy (non-hydrogen) atoms. The molecule has 146 valence electrons. The molecule has 0 bridgehead atoms. The largest absolute Gasteiger partial charge is 0.452 e. The first kappa shape index (κ1) is 19.9. The van der Waals surface area contributed by atoms with E-state index >= 15 is 0 Å². The SMILES string of the molecule is Cc1nn(C)c(C)c1NC(=O)[C@@H](C)OC(=O)CSc1ccc2ccccc2c1. The summed E-state index contributed by atoms with van der Waals surface area (Å²) >= 11 is 1.39. The first-order valence-electron chi connectivity index (χ1n) is 8.97. The van der Waals surface area contributed by atoms with E-state index in [9.17, 15) is 9.59 Å². The van der Waals surface area contributed by atoms with Crippen molar-refractivity contribution in [2.45, 2.75) is 31.8 Å². The summed E-state index contributed by atoms with van der Waals surface area (Å²) in [6.45, 7) is 5.25. The van der Waals surface area contributed by atoms with Crippen molar-refractivity contribution in [3.8, 4) is 0 Å². The number of carbonyl (C=O) groups excluding carboxylic acids is 2. The standard InChI is InChI=1S/C21H23N3O3S/c1-13-20(14(2)24(4)23-13)22-21(26)15(3)27-19(25)12-28-18-10-9-16-7-5-6-8-17(16)11-18/h5-11,15H,12H2,1-4H3,(H,22,26)/t15-/m1/s1. The number of fused-ring (bicyclic) bond motifs is 1. The molecule has 0 aliphatic carbocycles. The maximum atomic E-state index is 12.4. The van der Waals surface area contributed by atoms with Crippen molar-refractivity contribution in [3.05, 3.63) is 53.9 Å². The number of carbonyl (C=O) groups is 2. The van der Waals surface area contributed by atoms with E-state index in [1.807, 2.05) is 63.4 Å². The van der Waals surface area contributed by atoms with Gasteiger partial charge in [-0.3, -0.25) is 14.3 Å². The van der Waals surface area contributed by atoms with Gasteiger partial charge in [0.05, 0.1) is 22.8 Å². The summed E-state index contributed by atoms with van der Waals surface area (Å²) in [5, 5.41) is 9.33. The summed E-state index contributed by atoms with van der Waals surface area (Å²) in [5.41, 5.74) is 2.22. The highest BCUT2D eigenvalue weighted by molar-refractivity contribution is 8.00. The second-order valence-electron chi connectivity index (χ2n) is 6.59. The van der Waals surface area contributed by atoms with Crippen LogP contribution in [0, 0.1) is 13.8 Å². The van der Waals surface area contributed by atoms with Gasteiger partial charge in [-0.05, 0) is 43.7 Å². The Morgan fingerprint density at radius 2 is 1.89 bits per heavy atom. The topological polar surface area (TPSA) is 73.2 Å². The Labute approximate surface area is 168 Å². The van der Waals surface area contributed by atoms with Crippen molar-refractivity contribution in [1.82, 2.24) is 9.78 Å². The lowest BCUT2D eigenvalue weighted by Crippen LogP contribution is -2.30. The summed E-state index contributed by atoms with van der Waals surface area (Å²) in [6, 6.07) is 14.1. The molecule has 2 aromatic carbocycles. The zero-order valence-electron chi connectivity index (χ0n) is 16.4. The van der Waals surface area contributed by atoms with Crippen molar-refractivity contribution < 1.29 is 14.3 Å². The molecule has 7 heteroatoms. The van der Waals surface area contributed by atoms with Gasteiger partial charge >= 0.3 is 5.97 Å². The molecule has 0 saturated heterocycles. The van der Waals surface area contributed by atoms with Crippen LogP contribution in [-0.4, -0.2) is 33.5 Å². The molecule has 3 rings (SSSR count). The molecular weight excluding hydrogens is 374 g/mol. The van der Waals surface area contributed by atoms with Crippen molar-refractivity contribution in [1.29, 1.82) is 0 Å². The quantitative estimate of drug-likeness (QED) is 0.505. The molecule has 0 saturated carbocycles. The van der Waals surface area contributed by atoms with Crippen molar-refractivity contribution >= 4 is 40.1 Å². The monoisotopic (exact) mass is 397 g/mol. The van der Waals surface area contributed by atoms with Crippen molar-refractivity contribution in [3.63, 3.8) is 0 Å². The first-order valence-corrected chi connectivity index (χ1v) is 9.96. The summed E-state index contributed by atoms with van der Waals surface area (Å²) in [7, 11) is 1.81. The number of benzene rings is 2. The molecule has 0 fully saturated rings. The van der Waals surface area contributed by atoms with Gasteiger partial charge in [0.1, 0.15) is 0 Å². The van der Waals surface area contributed by atoms with E-state index in [1.165, 1.54) is 11.8 Å².